The van der Waals surface area contributed by atoms with Gasteiger partial charge >= 0.3 is 5.97 Å². The summed E-state index contributed by atoms with van der Waals surface area (Å²) in [6.07, 6.45) is 4.67. The average molecular weight is 261 g/mol. The van der Waals surface area contributed by atoms with Crippen LogP contribution in [-0.2, 0) is 11.2 Å². The molecule has 1 unspecified atom stereocenters. The molecule has 2 rings (SSSR count). The van der Waals surface area contributed by atoms with Crippen molar-refractivity contribution >= 4 is 5.97 Å². The molecule has 7 nitrogen and oxygen atoms in total. The van der Waals surface area contributed by atoms with E-state index in [9.17, 15) is 4.79 Å². The van der Waals surface area contributed by atoms with Crippen LogP contribution >= 0.6 is 0 Å². The fourth-order valence-electron chi connectivity index (χ4n) is 1.90. The van der Waals surface area contributed by atoms with Gasteiger partial charge in [0.1, 0.15) is 0 Å². The Hall–Kier alpha value is -2.31. The second kappa shape index (κ2) is 6.03. The summed E-state index contributed by atoms with van der Waals surface area (Å²) in [5.74, 6) is -0.198. The zero-order valence-corrected chi connectivity index (χ0v) is 10.6. The van der Waals surface area contributed by atoms with E-state index in [1.165, 1.54) is 0 Å². The monoisotopic (exact) mass is 261 g/mol. The first-order chi connectivity index (χ1) is 9.20. The van der Waals surface area contributed by atoms with Crippen LogP contribution in [0.5, 0.6) is 0 Å². The number of carbonyl (C=O) groups is 1. The molecule has 0 aliphatic carbocycles. The molecule has 100 valence electrons. The zero-order valence-electron chi connectivity index (χ0n) is 10.6. The van der Waals surface area contributed by atoms with Gasteiger partial charge in [-0.1, -0.05) is 13.0 Å². The number of carboxylic acid groups (broad SMARTS) is 1. The van der Waals surface area contributed by atoms with Crippen molar-refractivity contribution in [2.24, 2.45) is 0 Å². The second-order valence-corrected chi connectivity index (χ2v) is 4.24. The Bertz CT molecular complexity index is 540. The Labute approximate surface area is 110 Å². The molecule has 2 aromatic rings. The van der Waals surface area contributed by atoms with E-state index in [1.807, 2.05) is 19.1 Å². The molecule has 1 N–H and O–H groups in total. The van der Waals surface area contributed by atoms with Crippen LogP contribution in [0.4, 0.5) is 0 Å². The van der Waals surface area contributed by atoms with Gasteiger partial charge in [0.2, 0.25) is 0 Å². The van der Waals surface area contributed by atoms with E-state index < -0.39 is 5.97 Å². The summed E-state index contributed by atoms with van der Waals surface area (Å²) in [4.78, 5) is 14.9. The fourth-order valence-corrected chi connectivity index (χ4v) is 1.90. The normalized spacial score (nSPS) is 12.3. The highest BCUT2D eigenvalue weighted by molar-refractivity contribution is 5.67. The van der Waals surface area contributed by atoms with E-state index >= 15 is 0 Å². The van der Waals surface area contributed by atoms with E-state index in [4.69, 9.17) is 5.11 Å². The van der Waals surface area contributed by atoms with Gasteiger partial charge < -0.3 is 5.11 Å². The highest BCUT2D eigenvalue weighted by Gasteiger charge is 2.18. The minimum Gasteiger partial charge on any atom is -0.481 e. The minimum absolute atomic E-state index is 0.0155. The van der Waals surface area contributed by atoms with Crippen LogP contribution < -0.4 is 0 Å². The van der Waals surface area contributed by atoms with Crippen molar-refractivity contribution in [1.82, 2.24) is 25.2 Å². The van der Waals surface area contributed by atoms with Crippen LogP contribution in [-0.4, -0.2) is 36.3 Å². The Morgan fingerprint density at radius 2 is 2.37 bits per heavy atom. The van der Waals surface area contributed by atoms with Crippen LogP contribution in [0.1, 0.15) is 37.2 Å². The highest BCUT2D eigenvalue weighted by atomic mass is 16.4. The summed E-state index contributed by atoms with van der Waals surface area (Å²) in [5, 5.41) is 20.4. The van der Waals surface area contributed by atoms with Crippen molar-refractivity contribution in [3.05, 3.63) is 35.9 Å². The average Bonchev–Trinajstić information content (AvgIpc) is 2.85. The molecule has 0 spiro atoms. The third kappa shape index (κ3) is 3.34. The van der Waals surface area contributed by atoms with Crippen LogP contribution in [0.2, 0.25) is 0 Å². The molecule has 19 heavy (non-hydrogen) atoms. The van der Waals surface area contributed by atoms with Gasteiger partial charge in [0.05, 0.1) is 12.5 Å². The number of nitrogens with zero attached hydrogens (tertiary/aromatic N) is 5. The van der Waals surface area contributed by atoms with Crippen LogP contribution in [0, 0.1) is 0 Å². The summed E-state index contributed by atoms with van der Waals surface area (Å²) < 4.78 is 1.60. The lowest BCUT2D eigenvalue weighted by molar-refractivity contribution is -0.138. The molecule has 0 bridgehead atoms. The summed E-state index contributed by atoms with van der Waals surface area (Å²) >= 11 is 0. The minimum atomic E-state index is -0.852. The Morgan fingerprint density at radius 1 is 1.53 bits per heavy atom. The van der Waals surface area contributed by atoms with E-state index in [1.54, 1.807) is 17.1 Å². The molecule has 0 fully saturated rings. The number of tetrazole rings is 1. The molecular formula is C12H15N5O2. The predicted octanol–water partition coefficient (Wildman–Crippen LogP) is 1.08. The van der Waals surface area contributed by atoms with E-state index in [2.05, 4.69) is 20.5 Å². The SMILES string of the molecule is CCC(CC(=O)O)n1nnnc1Cc1cccnc1. The van der Waals surface area contributed by atoms with Crippen LogP contribution in [0.3, 0.4) is 0 Å². The maximum atomic E-state index is 10.8. The Kier molecular flexibility index (Phi) is 4.17. The number of pyridine rings is 1. The molecule has 0 saturated carbocycles. The molecule has 1 atom stereocenters. The van der Waals surface area contributed by atoms with Gasteiger partial charge in [-0.05, 0) is 28.5 Å². The third-order valence-corrected chi connectivity index (χ3v) is 2.87. The smallest absolute Gasteiger partial charge is 0.305 e. The van der Waals surface area contributed by atoms with Gasteiger partial charge in [0, 0.05) is 18.8 Å². The van der Waals surface area contributed by atoms with Crippen molar-refractivity contribution in [2.45, 2.75) is 32.2 Å². The number of aromatic nitrogens is 5. The Morgan fingerprint density at radius 3 is 3.00 bits per heavy atom. The van der Waals surface area contributed by atoms with Crippen molar-refractivity contribution in [3.8, 4) is 0 Å². The van der Waals surface area contributed by atoms with Gasteiger partial charge in [-0.15, -0.1) is 5.10 Å². The molecular weight excluding hydrogens is 246 g/mol. The number of carboxylic acids is 1. The summed E-state index contributed by atoms with van der Waals surface area (Å²) in [6, 6.07) is 3.56. The highest BCUT2D eigenvalue weighted by Crippen LogP contribution is 2.17. The molecule has 0 radical (unpaired) electrons. The maximum Gasteiger partial charge on any atom is 0.305 e. The number of rotatable bonds is 6. The van der Waals surface area contributed by atoms with Crippen molar-refractivity contribution < 1.29 is 9.90 Å². The second-order valence-electron chi connectivity index (χ2n) is 4.24. The molecule has 0 saturated heterocycles. The Balaban J connectivity index is 2.19. The first-order valence-corrected chi connectivity index (χ1v) is 6.08. The topological polar surface area (TPSA) is 93.8 Å². The summed E-state index contributed by atoms with van der Waals surface area (Å²) in [7, 11) is 0. The molecule has 0 aromatic carbocycles. The predicted molar refractivity (Wildman–Crippen MR) is 66.4 cm³/mol. The summed E-state index contributed by atoms with van der Waals surface area (Å²) in [6.45, 7) is 1.92. The van der Waals surface area contributed by atoms with E-state index in [-0.39, 0.29) is 12.5 Å². The van der Waals surface area contributed by atoms with E-state index in [0.717, 1.165) is 5.56 Å². The van der Waals surface area contributed by atoms with Crippen LogP contribution in [0.25, 0.3) is 0 Å². The lowest BCUT2D eigenvalue weighted by atomic mass is 10.1. The van der Waals surface area contributed by atoms with Crippen molar-refractivity contribution in [1.29, 1.82) is 0 Å². The van der Waals surface area contributed by atoms with Gasteiger partial charge in [-0.2, -0.15) is 0 Å². The van der Waals surface area contributed by atoms with Gasteiger partial charge in [-0.3, -0.25) is 9.78 Å². The van der Waals surface area contributed by atoms with Gasteiger partial charge in [0.15, 0.2) is 5.82 Å². The number of aliphatic carboxylic acids is 1. The maximum absolute atomic E-state index is 10.8. The van der Waals surface area contributed by atoms with Crippen molar-refractivity contribution in [2.75, 3.05) is 0 Å². The standard InChI is InChI=1S/C12H15N5O2/c1-2-10(7-12(18)19)17-11(14-15-16-17)6-9-4-3-5-13-8-9/h3-5,8,10H,2,6-7H2,1H3,(H,18,19). The quantitative estimate of drug-likeness (QED) is 0.836. The molecule has 2 heterocycles. The number of hydrogen-bond acceptors (Lipinski definition) is 5. The van der Waals surface area contributed by atoms with Crippen LogP contribution in [0.15, 0.2) is 24.5 Å². The van der Waals surface area contributed by atoms with Gasteiger partial charge in [-0.25, -0.2) is 4.68 Å². The number of hydrogen-bond donors (Lipinski definition) is 1. The largest absolute Gasteiger partial charge is 0.481 e. The van der Waals surface area contributed by atoms with E-state index in [0.29, 0.717) is 18.7 Å². The lowest BCUT2D eigenvalue weighted by Crippen LogP contribution is -2.17. The lowest BCUT2D eigenvalue weighted by Gasteiger charge is -2.14. The third-order valence-electron chi connectivity index (χ3n) is 2.87. The molecule has 0 amide bonds. The molecule has 0 aliphatic heterocycles. The first-order valence-electron chi connectivity index (χ1n) is 6.08. The first kappa shape index (κ1) is 13.1. The summed E-state index contributed by atoms with van der Waals surface area (Å²) in [5.41, 5.74) is 0.990. The molecule has 2 aromatic heterocycles. The van der Waals surface area contributed by atoms with Crippen molar-refractivity contribution in [3.63, 3.8) is 0 Å². The zero-order chi connectivity index (χ0) is 13.7. The molecule has 0 aliphatic rings. The fraction of sp³-hybridized carbons (Fsp3) is 0.417. The van der Waals surface area contributed by atoms with Gasteiger partial charge in [0.25, 0.3) is 0 Å². The molecule has 7 heteroatoms.